The summed E-state index contributed by atoms with van der Waals surface area (Å²) in [6.45, 7) is 3.77. The van der Waals surface area contributed by atoms with E-state index in [4.69, 9.17) is 27.6 Å². The summed E-state index contributed by atoms with van der Waals surface area (Å²) in [7, 11) is 0. The molecule has 4 heteroatoms. The zero-order valence-electron chi connectivity index (χ0n) is 9.00. The van der Waals surface area contributed by atoms with Gasteiger partial charge in [0.1, 0.15) is 5.38 Å². The molecule has 1 unspecified atom stereocenters. The molecule has 0 saturated heterocycles. The lowest BCUT2D eigenvalue weighted by Gasteiger charge is -2.03. The molecule has 0 N–H and O–H groups in total. The third kappa shape index (κ3) is 2.08. The molecule has 2 nitrogen and oxygen atoms in total. The van der Waals surface area contributed by atoms with Gasteiger partial charge in [-0.15, -0.1) is 11.6 Å². The molecule has 0 radical (unpaired) electrons. The molecule has 1 aromatic heterocycles. The third-order valence-electron chi connectivity index (χ3n) is 2.40. The van der Waals surface area contributed by atoms with Crippen molar-refractivity contribution in [3.8, 4) is 11.3 Å². The summed E-state index contributed by atoms with van der Waals surface area (Å²) in [5.74, 6) is 1.22. The number of halogens is 2. The van der Waals surface area contributed by atoms with Crippen LogP contribution in [-0.4, -0.2) is 4.98 Å². The Morgan fingerprint density at radius 1 is 1.38 bits per heavy atom. The normalized spacial score (nSPS) is 12.8. The minimum atomic E-state index is -0.228. The van der Waals surface area contributed by atoms with Crippen LogP contribution in [0.2, 0.25) is 5.02 Å². The predicted octanol–water partition coefficient (Wildman–Crippen LogP) is 4.60. The number of hydrogen-bond donors (Lipinski definition) is 0. The SMILES string of the molecule is Cc1c(Cl)cccc1-c1cnc(C(C)Cl)o1. The summed E-state index contributed by atoms with van der Waals surface area (Å²) >= 11 is 11.9. The lowest BCUT2D eigenvalue weighted by atomic mass is 10.1. The summed E-state index contributed by atoms with van der Waals surface area (Å²) in [5, 5.41) is 0.489. The van der Waals surface area contributed by atoms with Crippen LogP contribution in [0.1, 0.15) is 23.8 Å². The van der Waals surface area contributed by atoms with Crippen LogP contribution < -0.4 is 0 Å². The van der Waals surface area contributed by atoms with E-state index in [-0.39, 0.29) is 5.38 Å². The fourth-order valence-electron chi connectivity index (χ4n) is 1.47. The highest BCUT2D eigenvalue weighted by Crippen LogP contribution is 2.30. The second-order valence-corrected chi connectivity index (χ2v) is 4.65. The zero-order chi connectivity index (χ0) is 11.7. The maximum atomic E-state index is 6.04. The molecule has 0 aliphatic carbocycles. The zero-order valence-corrected chi connectivity index (χ0v) is 10.5. The molecule has 2 rings (SSSR count). The summed E-state index contributed by atoms with van der Waals surface area (Å²) < 4.78 is 5.57. The Morgan fingerprint density at radius 2 is 2.12 bits per heavy atom. The highest BCUT2D eigenvalue weighted by atomic mass is 35.5. The van der Waals surface area contributed by atoms with Gasteiger partial charge in [-0.2, -0.15) is 0 Å². The number of aromatic nitrogens is 1. The third-order valence-corrected chi connectivity index (χ3v) is 2.99. The molecule has 1 atom stereocenters. The van der Waals surface area contributed by atoms with Gasteiger partial charge < -0.3 is 4.42 Å². The van der Waals surface area contributed by atoms with Gasteiger partial charge in [-0.3, -0.25) is 0 Å². The van der Waals surface area contributed by atoms with Gasteiger partial charge in [0.25, 0.3) is 0 Å². The molecule has 2 aromatic rings. The lowest BCUT2D eigenvalue weighted by Crippen LogP contribution is -1.82. The largest absolute Gasteiger partial charge is 0.439 e. The van der Waals surface area contributed by atoms with E-state index >= 15 is 0 Å². The Hall–Kier alpha value is -0.990. The van der Waals surface area contributed by atoms with E-state index in [1.807, 2.05) is 32.0 Å². The van der Waals surface area contributed by atoms with Crippen molar-refractivity contribution in [3.05, 3.63) is 40.9 Å². The molecule has 0 fully saturated rings. The Bertz CT molecular complexity index is 505. The van der Waals surface area contributed by atoms with Gasteiger partial charge in [-0.1, -0.05) is 23.7 Å². The number of alkyl halides is 1. The van der Waals surface area contributed by atoms with Crippen LogP contribution >= 0.6 is 23.2 Å². The van der Waals surface area contributed by atoms with E-state index in [0.29, 0.717) is 11.7 Å². The number of rotatable bonds is 2. The minimum Gasteiger partial charge on any atom is -0.439 e. The summed E-state index contributed by atoms with van der Waals surface area (Å²) in [5.41, 5.74) is 1.93. The van der Waals surface area contributed by atoms with Crippen LogP contribution in [0.15, 0.2) is 28.8 Å². The number of oxazole rings is 1. The molecular formula is C12H11Cl2NO. The van der Waals surface area contributed by atoms with Gasteiger partial charge in [-0.25, -0.2) is 4.98 Å². The van der Waals surface area contributed by atoms with Crippen molar-refractivity contribution in [1.29, 1.82) is 0 Å². The molecule has 84 valence electrons. The maximum Gasteiger partial charge on any atom is 0.212 e. The quantitative estimate of drug-likeness (QED) is 0.733. The van der Waals surface area contributed by atoms with Gasteiger partial charge in [0.15, 0.2) is 5.76 Å². The first-order chi connectivity index (χ1) is 7.59. The number of hydrogen-bond acceptors (Lipinski definition) is 2. The Kier molecular flexibility index (Phi) is 3.22. The van der Waals surface area contributed by atoms with Crippen LogP contribution in [-0.2, 0) is 0 Å². The second kappa shape index (κ2) is 4.48. The van der Waals surface area contributed by atoms with Crippen LogP contribution in [0.5, 0.6) is 0 Å². The Morgan fingerprint density at radius 3 is 2.75 bits per heavy atom. The number of nitrogens with zero attached hydrogens (tertiary/aromatic N) is 1. The van der Waals surface area contributed by atoms with E-state index in [1.165, 1.54) is 0 Å². The molecule has 1 heterocycles. The molecule has 0 spiro atoms. The molecule has 0 aliphatic rings. The first kappa shape index (κ1) is 11.5. The van der Waals surface area contributed by atoms with Gasteiger partial charge in [0, 0.05) is 10.6 Å². The highest BCUT2D eigenvalue weighted by molar-refractivity contribution is 6.31. The monoisotopic (exact) mass is 255 g/mol. The van der Waals surface area contributed by atoms with Gasteiger partial charge in [-0.05, 0) is 25.5 Å². The lowest BCUT2D eigenvalue weighted by molar-refractivity contribution is 0.508. The van der Waals surface area contributed by atoms with Crippen LogP contribution in [0.3, 0.4) is 0 Å². The molecule has 16 heavy (non-hydrogen) atoms. The summed E-state index contributed by atoms with van der Waals surface area (Å²) in [6.07, 6.45) is 1.67. The van der Waals surface area contributed by atoms with Crippen LogP contribution in [0.4, 0.5) is 0 Å². The van der Waals surface area contributed by atoms with Crippen molar-refractivity contribution < 1.29 is 4.42 Å². The first-order valence-corrected chi connectivity index (χ1v) is 5.76. The summed E-state index contributed by atoms with van der Waals surface area (Å²) in [4.78, 5) is 4.12. The molecule has 1 aromatic carbocycles. The molecular weight excluding hydrogens is 245 g/mol. The molecule has 0 saturated carbocycles. The van der Waals surface area contributed by atoms with E-state index < -0.39 is 0 Å². The second-order valence-electron chi connectivity index (χ2n) is 3.59. The van der Waals surface area contributed by atoms with Crippen molar-refractivity contribution in [1.82, 2.24) is 4.98 Å². The number of benzene rings is 1. The van der Waals surface area contributed by atoms with Crippen molar-refractivity contribution in [2.75, 3.05) is 0 Å². The van der Waals surface area contributed by atoms with Gasteiger partial charge >= 0.3 is 0 Å². The summed E-state index contributed by atoms with van der Waals surface area (Å²) in [6, 6.07) is 5.68. The van der Waals surface area contributed by atoms with Crippen molar-refractivity contribution in [2.24, 2.45) is 0 Å². The van der Waals surface area contributed by atoms with E-state index in [1.54, 1.807) is 6.20 Å². The Balaban J connectivity index is 2.47. The standard InChI is InChI=1S/C12H11Cl2NO/c1-7-9(4-3-5-10(7)14)11-6-15-12(16-11)8(2)13/h3-6,8H,1-2H3. The van der Waals surface area contributed by atoms with Crippen molar-refractivity contribution in [3.63, 3.8) is 0 Å². The molecule has 0 aliphatic heterocycles. The van der Waals surface area contributed by atoms with Crippen molar-refractivity contribution >= 4 is 23.2 Å². The molecule has 0 amide bonds. The fraction of sp³-hybridized carbons (Fsp3) is 0.250. The Labute approximate surface area is 104 Å². The first-order valence-electron chi connectivity index (χ1n) is 4.95. The molecule has 0 bridgehead atoms. The topological polar surface area (TPSA) is 26.0 Å². The fourth-order valence-corrected chi connectivity index (χ4v) is 1.75. The highest BCUT2D eigenvalue weighted by Gasteiger charge is 2.13. The smallest absolute Gasteiger partial charge is 0.212 e. The van der Waals surface area contributed by atoms with E-state index in [9.17, 15) is 0 Å². The average Bonchev–Trinajstić information content (AvgIpc) is 2.71. The average molecular weight is 256 g/mol. The van der Waals surface area contributed by atoms with Gasteiger partial charge in [0.05, 0.1) is 6.20 Å². The predicted molar refractivity (Wildman–Crippen MR) is 66.0 cm³/mol. The van der Waals surface area contributed by atoms with E-state index in [0.717, 1.165) is 16.1 Å². The minimum absolute atomic E-state index is 0.228. The van der Waals surface area contributed by atoms with Crippen LogP contribution in [0, 0.1) is 6.92 Å². The maximum absolute atomic E-state index is 6.04. The van der Waals surface area contributed by atoms with E-state index in [2.05, 4.69) is 4.98 Å². The van der Waals surface area contributed by atoms with Gasteiger partial charge in [0.2, 0.25) is 5.89 Å². The van der Waals surface area contributed by atoms with Crippen molar-refractivity contribution in [2.45, 2.75) is 19.2 Å². The van der Waals surface area contributed by atoms with Crippen LogP contribution in [0.25, 0.3) is 11.3 Å².